The van der Waals surface area contributed by atoms with E-state index in [4.69, 9.17) is 9.72 Å². The Bertz CT molecular complexity index is 962. The molecule has 0 aromatic carbocycles. The number of fused-ring (bicyclic) bond motifs is 1. The second-order valence-corrected chi connectivity index (χ2v) is 7.39. The molecule has 3 heterocycles. The number of aryl methyl sites for hydroxylation is 2. The Hall–Kier alpha value is -2.43. The van der Waals surface area contributed by atoms with Crippen molar-refractivity contribution in [2.24, 2.45) is 0 Å². The van der Waals surface area contributed by atoms with Crippen LogP contribution in [0.25, 0.3) is 22.3 Å². The summed E-state index contributed by atoms with van der Waals surface area (Å²) in [6.45, 7) is 9.83. The molecule has 3 aromatic heterocycles. The monoisotopic (exact) mass is 369 g/mol. The van der Waals surface area contributed by atoms with Crippen LogP contribution in [0.5, 0.6) is 5.88 Å². The number of aromatic nitrogens is 3. The second kappa shape index (κ2) is 7.67. The van der Waals surface area contributed by atoms with Crippen LogP contribution in [0.4, 0.5) is 4.39 Å². The van der Waals surface area contributed by atoms with E-state index in [2.05, 4.69) is 31.8 Å². The number of pyridine rings is 2. The van der Waals surface area contributed by atoms with E-state index in [0.29, 0.717) is 11.8 Å². The molecule has 0 fully saturated rings. The number of halogens is 1. The van der Waals surface area contributed by atoms with Crippen LogP contribution in [0.1, 0.15) is 56.5 Å². The Morgan fingerprint density at radius 2 is 1.93 bits per heavy atom. The van der Waals surface area contributed by atoms with Crippen LogP contribution in [0.3, 0.4) is 0 Å². The summed E-state index contributed by atoms with van der Waals surface area (Å²) >= 11 is 0. The molecule has 3 aromatic rings. The average molecular weight is 369 g/mol. The number of rotatable bonds is 6. The van der Waals surface area contributed by atoms with Crippen LogP contribution in [-0.4, -0.2) is 28.3 Å². The summed E-state index contributed by atoms with van der Waals surface area (Å²) in [4.78, 5) is 9.65. The molecule has 5 heteroatoms. The van der Waals surface area contributed by atoms with Crippen molar-refractivity contribution in [2.75, 3.05) is 13.8 Å². The van der Waals surface area contributed by atoms with E-state index < -0.39 is 6.67 Å². The molecule has 0 bridgehead atoms. The van der Waals surface area contributed by atoms with Gasteiger partial charge in [0, 0.05) is 11.9 Å². The fourth-order valence-electron chi connectivity index (χ4n) is 3.42. The minimum atomic E-state index is -0.402. The third-order valence-electron chi connectivity index (χ3n) is 5.07. The molecule has 0 amide bonds. The molecule has 1 atom stereocenters. The summed E-state index contributed by atoms with van der Waals surface area (Å²) in [7, 11) is 1.64. The van der Waals surface area contributed by atoms with Gasteiger partial charge in [-0.15, -0.1) is 0 Å². The van der Waals surface area contributed by atoms with Gasteiger partial charge in [-0.25, -0.2) is 14.4 Å². The van der Waals surface area contributed by atoms with E-state index >= 15 is 0 Å². The summed E-state index contributed by atoms with van der Waals surface area (Å²) in [6, 6.07) is 6.01. The molecule has 0 saturated heterocycles. The average Bonchev–Trinajstić information content (AvgIpc) is 3.01. The fourth-order valence-corrected chi connectivity index (χ4v) is 3.42. The minimum absolute atomic E-state index is 0.208. The highest BCUT2D eigenvalue weighted by Crippen LogP contribution is 2.35. The van der Waals surface area contributed by atoms with Crippen LogP contribution >= 0.6 is 0 Å². The first-order valence-electron chi connectivity index (χ1n) is 9.53. The van der Waals surface area contributed by atoms with Crippen LogP contribution in [0.15, 0.2) is 24.4 Å². The van der Waals surface area contributed by atoms with E-state index in [-0.39, 0.29) is 6.04 Å². The van der Waals surface area contributed by atoms with Gasteiger partial charge in [0.05, 0.1) is 35.4 Å². The smallest absolute Gasteiger partial charge is 0.222 e. The predicted molar refractivity (Wildman–Crippen MR) is 108 cm³/mol. The molecule has 27 heavy (non-hydrogen) atoms. The molecule has 0 saturated carbocycles. The molecular weight excluding hydrogens is 341 g/mol. The maximum absolute atomic E-state index is 13.3. The third kappa shape index (κ3) is 3.43. The fraction of sp³-hybridized carbons (Fsp3) is 0.455. The Balaban J connectivity index is 2.25. The van der Waals surface area contributed by atoms with E-state index in [1.165, 1.54) is 0 Å². The van der Waals surface area contributed by atoms with Gasteiger partial charge in [0.1, 0.15) is 6.67 Å². The molecule has 144 valence electrons. The van der Waals surface area contributed by atoms with Gasteiger partial charge in [0.2, 0.25) is 5.88 Å². The van der Waals surface area contributed by atoms with Crippen molar-refractivity contribution in [1.82, 2.24) is 14.5 Å². The van der Waals surface area contributed by atoms with Gasteiger partial charge < -0.3 is 9.30 Å². The van der Waals surface area contributed by atoms with Gasteiger partial charge in [-0.2, -0.15) is 0 Å². The second-order valence-electron chi connectivity index (χ2n) is 7.39. The SMILES string of the molecule is CCc1cc2c(nc1-c1ccc(C(C)C)nc1OC)c(C)cn2[C@H](C)CF. The molecule has 0 aliphatic heterocycles. The number of hydrogen-bond acceptors (Lipinski definition) is 3. The van der Waals surface area contributed by atoms with Gasteiger partial charge in [-0.05, 0) is 55.5 Å². The summed E-state index contributed by atoms with van der Waals surface area (Å²) in [6.07, 6.45) is 2.81. The minimum Gasteiger partial charge on any atom is -0.480 e. The summed E-state index contributed by atoms with van der Waals surface area (Å²) in [5.74, 6) is 0.921. The van der Waals surface area contributed by atoms with Gasteiger partial charge in [0.15, 0.2) is 0 Å². The number of methoxy groups -OCH3 is 1. The molecule has 4 nitrogen and oxygen atoms in total. The van der Waals surface area contributed by atoms with Crippen LogP contribution < -0.4 is 4.74 Å². The van der Waals surface area contributed by atoms with Crippen molar-refractivity contribution in [3.63, 3.8) is 0 Å². The Morgan fingerprint density at radius 1 is 1.19 bits per heavy atom. The number of ether oxygens (including phenoxy) is 1. The van der Waals surface area contributed by atoms with Gasteiger partial charge in [0.25, 0.3) is 0 Å². The Labute approximate surface area is 160 Å². The maximum Gasteiger partial charge on any atom is 0.222 e. The van der Waals surface area contributed by atoms with Gasteiger partial charge >= 0.3 is 0 Å². The molecule has 0 unspecified atom stereocenters. The van der Waals surface area contributed by atoms with Crippen molar-refractivity contribution < 1.29 is 9.13 Å². The molecule has 0 aliphatic carbocycles. The highest BCUT2D eigenvalue weighted by atomic mass is 19.1. The predicted octanol–water partition coefficient (Wildman–Crippen LogP) is 5.63. The molecule has 3 rings (SSSR count). The highest BCUT2D eigenvalue weighted by Gasteiger charge is 2.19. The van der Waals surface area contributed by atoms with Crippen molar-refractivity contribution in [3.05, 3.63) is 41.2 Å². The molecule has 0 N–H and O–H groups in total. The molecule has 0 radical (unpaired) electrons. The first-order valence-corrected chi connectivity index (χ1v) is 9.53. The van der Waals surface area contributed by atoms with Crippen molar-refractivity contribution >= 4 is 11.0 Å². The molecule has 0 aliphatic rings. The largest absolute Gasteiger partial charge is 0.480 e. The van der Waals surface area contributed by atoms with Crippen molar-refractivity contribution in [2.45, 2.75) is 53.0 Å². The zero-order chi connectivity index (χ0) is 19.7. The highest BCUT2D eigenvalue weighted by molar-refractivity contribution is 5.85. The first-order chi connectivity index (χ1) is 12.9. The van der Waals surface area contributed by atoms with Crippen molar-refractivity contribution in [1.29, 1.82) is 0 Å². The number of hydrogen-bond donors (Lipinski definition) is 0. The van der Waals surface area contributed by atoms with Crippen LogP contribution in [0, 0.1) is 6.92 Å². The quantitative estimate of drug-likeness (QED) is 0.565. The topological polar surface area (TPSA) is 39.9 Å². The van der Waals surface area contributed by atoms with Crippen LogP contribution in [-0.2, 0) is 6.42 Å². The maximum atomic E-state index is 13.3. The summed E-state index contributed by atoms with van der Waals surface area (Å²) < 4.78 is 20.8. The molecule has 0 spiro atoms. The Morgan fingerprint density at radius 3 is 2.52 bits per heavy atom. The lowest BCUT2D eigenvalue weighted by Crippen LogP contribution is -2.06. The standard InChI is InChI=1S/C22H28FN3O/c1-7-16-10-19-20(14(4)12-26(19)15(5)11-23)25-21(16)17-8-9-18(13(2)3)24-22(17)27-6/h8-10,12-13,15H,7,11H2,1-6H3/t15-/m1/s1. The third-order valence-corrected chi connectivity index (χ3v) is 5.07. The van der Waals surface area contributed by atoms with E-state index in [1.807, 2.05) is 36.7 Å². The van der Waals surface area contributed by atoms with E-state index in [0.717, 1.165) is 45.5 Å². The summed E-state index contributed by atoms with van der Waals surface area (Å²) in [5.41, 5.74) is 6.80. The van der Waals surface area contributed by atoms with E-state index in [1.54, 1.807) is 7.11 Å². The Kier molecular flexibility index (Phi) is 5.49. The number of alkyl halides is 1. The van der Waals surface area contributed by atoms with Gasteiger partial charge in [-0.3, -0.25) is 0 Å². The zero-order valence-corrected chi connectivity index (χ0v) is 17.0. The lowest BCUT2D eigenvalue weighted by atomic mass is 10.0. The normalized spacial score (nSPS) is 12.7. The lowest BCUT2D eigenvalue weighted by molar-refractivity contribution is 0.383. The van der Waals surface area contributed by atoms with E-state index in [9.17, 15) is 4.39 Å². The zero-order valence-electron chi connectivity index (χ0n) is 17.0. The van der Waals surface area contributed by atoms with Crippen molar-refractivity contribution in [3.8, 4) is 17.1 Å². The number of nitrogens with zero attached hydrogens (tertiary/aromatic N) is 3. The lowest BCUT2D eigenvalue weighted by Gasteiger charge is -2.15. The van der Waals surface area contributed by atoms with Crippen LogP contribution in [0.2, 0.25) is 0 Å². The van der Waals surface area contributed by atoms with Gasteiger partial charge in [-0.1, -0.05) is 20.8 Å². The summed E-state index contributed by atoms with van der Waals surface area (Å²) in [5, 5.41) is 0. The molecular formula is C22H28FN3O. The first kappa shape index (κ1) is 19.3.